The van der Waals surface area contributed by atoms with Crippen LogP contribution in [0.2, 0.25) is 0 Å². The van der Waals surface area contributed by atoms with Gasteiger partial charge in [0, 0.05) is 25.8 Å². The number of hydrogen-bond acceptors (Lipinski definition) is 0. The predicted molar refractivity (Wildman–Crippen MR) is 82.5 cm³/mol. The fourth-order valence-corrected chi connectivity index (χ4v) is 2.76. The first-order valence-corrected chi connectivity index (χ1v) is 6.55. The smallest absolute Gasteiger partial charge is 0 e. The summed E-state index contributed by atoms with van der Waals surface area (Å²) in [6.45, 7) is 0. The van der Waals surface area contributed by atoms with Gasteiger partial charge >= 0.3 is 0 Å². The Morgan fingerprint density at radius 1 is 0.636 bits per heavy atom. The van der Waals surface area contributed by atoms with Crippen LogP contribution in [0.4, 0.5) is 0 Å². The Balaban J connectivity index is 0.000000807. The molecular weight excluding hydrogens is 478 g/mol. The van der Waals surface area contributed by atoms with Crippen LogP contribution in [0, 0.1) is 0 Å². The van der Waals surface area contributed by atoms with Crippen LogP contribution in [-0.4, -0.2) is 0 Å². The van der Waals surface area contributed by atoms with Gasteiger partial charge in [-0.05, 0) is 0 Å². The van der Waals surface area contributed by atoms with Crippen LogP contribution in [0.25, 0.3) is 32.7 Å². The normalized spacial score (nSPS) is 9.64. The molecule has 0 fully saturated rings. The summed E-state index contributed by atoms with van der Waals surface area (Å²) in [5.74, 6) is 0. The molecule has 0 amide bonds. The van der Waals surface area contributed by atoms with Gasteiger partial charge in [-0.3, -0.25) is 0 Å². The summed E-state index contributed by atoms with van der Waals surface area (Å²) >= 11 is 0. The van der Waals surface area contributed by atoms with Gasteiger partial charge in [0.15, 0.2) is 0 Å². The quantitative estimate of drug-likeness (QED) is 0.247. The number of fused-ring (bicyclic) bond motifs is 3. The summed E-state index contributed by atoms with van der Waals surface area (Å²) in [6, 6.07) is 28.1. The first kappa shape index (κ1) is 19.0. The molecule has 110 valence electrons. The number of hydrogen-bond donors (Lipinski definition) is 0. The molecule has 0 aliphatic heterocycles. The van der Waals surface area contributed by atoms with Crippen LogP contribution < -0.4 is 24.8 Å². The molecule has 0 spiro atoms. The minimum absolute atomic E-state index is 0. The zero-order valence-corrected chi connectivity index (χ0v) is 16.9. The van der Waals surface area contributed by atoms with E-state index in [-0.39, 0.29) is 50.7 Å². The van der Waals surface area contributed by atoms with Crippen LogP contribution in [0.15, 0.2) is 78.9 Å². The van der Waals surface area contributed by atoms with E-state index in [9.17, 15) is 0 Å². The first-order valence-electron chi connectivity index (χ1n) is 6.55. The van der Waals surface area contributed by atoms with E-state index in [1.807, 2.05) is 0 Å². The molecule has 3 heteroatoms. The average Bonchev–Trinajstić information content (AvgIpc) is 2.93. The third-order valence-electron chi connectivity index (χ3n) is 3.72. The number of benzene rings is 3. The molecule has 0 aliphatic carbocycles. The molecule has 4 rings (SSSR count). The second-order valence-electron chi connectivity index (χ2n) is 4.90. The van der Waals surface area contributed by atoms with E-state index in [0.29, 0.717) is 0 Å². The van der Waals surface area contributed by atoms with Crippen LogP contribution in [0.5, 0.6) is 0 Å². The Labute approximate surface area is 161 Å². The maximum Gasteiger partial charge on any atom is 0 e. The fraction of sp³-hybridized carbons (Fsp3) is 0. The largest absolute Gasteiger partial charge is 1.00 e. The van der Waals surface area contributed by atoms with Crippen molar-refractivity contribution in [3.05, 3.63) is 78.9 Å². The minimum Gasteiger partial charge on any atom is -1.00 e. The molecule has 22 heavy (non-hydrogen) atoms. The molecule has 0 heterocycles. The van der Waals surface area contributed by atoms with Crippen molar-refractivity contribution in [2.45, 2.75) is 0 Å². The Morgan fingerprint density at radius 3 is 2.05 bits per heavy atom. The standard InChI is InChI=1S/C19H13.2ClH.Hf/c1-2-6-14(7-3-1)17-12-16-11-10-15-8-4-5-9-18(15)19(16)13-17;;;/h1-13H;2*1H;/q-1;;;/p-2. The van der Waals surface area contributed by atoms with Crippen LogP contribution >= 0.6 is 0 Å². The molecule has 0 nitrogen and oxygen atoms in total. The van der Waals surface area contributed by atoms with E-state index < -0.39 is 0 Å². The summed E-state index contributed by atoms with van der Waals surface area (Å²) < 4.78 is 0. The van der Waals surface area contributed by atoms with Gasteiger partial charge in [-0.15, -0.1) is 28.5 Å². The molecule has 0 radical (unpaired) electrons. The van der Waals surface area contributed by atoms with Gasteiger partial charge in [-0.25, -0.2) is 0 Å². The van der Waals surface area contributed by atoms with Crippen LogP contribution in [0.3, 0.4) is 0 Å². The second kappa shape index (κ2) is 8.01. The van der Waals surface area contributed by atoms with Crippen molar-refractivity contribution >= 4 is 21.5 Å². The maximum atomic E-state index is 2.30. The molecule has 4 aromatic carbocycles. The monoisotopic (exact) mass is 491 g/mol. The molecular formula is C19H13Cl2Hf-3. The van der Waals surface area contributed by atoms with Crippen molar-refractivity contribution < 1.29 is 50.7 Å². The summed E-state index contributed by atoms with van der Waals surface area (Å²) in [6.07, 6.45) is 0. The zero-order chi connectivity index (χ0) is 12.7. The van der Waals surface area contributed by atoms with Crippen LogP contribution in [-0.2, 0) is 25.8 Å². The van der Waals surface area contributed by atoms with Crippen molar-refractivity contribution in [2.75, 3.05) is 0 Å². The van der Waals surface area contributed by atoms with Crippen molar-refractivity contribution in [3.8, 4) is 11.1 Å². The third-order valence-corrected chi connectivity index (χ3v) is 3.72. The molecule has 0 saturated heterocycles. The van der Waals surface area contributed by atoms with Gasteiger partial charge in [-0.1, -0.05) is 83.1 Å². The summed E-state index contributed by atoms with van der Waals surface area (Å²) in [4.78, 5) is 0. The molecule has 0 saturated carbocycles. The second-order valence-corrected chi connectivity index (χ2v) is 4.90. The topological polar surface area (TPSA) is 0 Å². The predicted octanol–water partition coefficient (Wildman–Crippen LogP) is -0.616. The van der Waals surface area contributed by atoms with Crippen molar-refractivity contribution in [3.63, 3.8) is 0 Å². The van der Waals surface area contributed by atoms with Crippen molar-refractivity contribution in [1.29, 1.82) is 0 Å². The number of rotatable bonds is 1. The van der Waals surface area contributed by atoms with Gasteiger partial charge in [0.25, 0.3) is 0 Å². The van der Waals surface area contributed by atoms with Crippen LogP contribution in [0.1, 0.15) is 0 Å². The SMILES string of the molecule is [Cl-].[Cl-].[Hf].c1ccc(-c2cc3ccc4ccccc4c3[cH-]2)cc1. The summed E-state index contributed by atoms with van der Waals surface area (Å²) in [7, 11) is 0. The van der Waals surface area contributed by atoms with Crippen molar-refractivity contribution in [2.24, 2.45) is 0 Å². The van der Waals surface area contributed by atoms with Gasteiger partial charge in [-0.2, -0.15) is 0 Å². The Kier molecular flexibility index (Phi) is 6.93. The molecule has 0 aromatic heterocycles. The van der Waals surface area contributed by atoms with Gasteiger partial charge in [0.05, 0.1) is 0 Å². The van der Waals surface area contributed by atoms with E-state index in [0.717, 1.165) is 0 Å². The molecule has 0 N–H and O–H groups in total. The van der Waals surface area contributed by atoms with E-state index in [2.05, 4.69) is 78.9 Å². The fourth-order valence-electron chi connectivity index (χ4n) is 2.76. The van der Waals surface area contributed by atoms with E-state index in [4.69, 9.17) is 0 Å². The Morgan fingerprint density at radius 2 is 1.27 bits per heavy atom. The third kappa shape index (κ3) is 3.32. The first-order chi connectivity index (χ1) is 9.42. The Bertz CT molecular complexity index is 866. The molecule has 4 aromatic rings. The molecule has 0 unspecified atom stereocenters. The Hall–Kier alpha value is -1.02. The van der Waals surface area contributed by atoms with Gasteiger partial charge < -0.3 is 24.8 Å². The molecule has 0 aliphatic rings. The van der Waals surface area contributed by atoms with Crippen molar-refractivity contribution in [1.82, 2.24) is 0 Å². The minimum atomic E-state index is 0. The van der Waals surface area contributed by atoms with Gasteiger partial charge in [0.1, 0.15) is 0 Å². The average molecular weight is 491 g/mol. The number of halogens is 2. The molecule has 0 atom stereocenters. The maximum absolute atomic E-state index is 2.30. The van der Waals surface area contributed by atoms with E-state index in [1.165, 1.54) is 32.7 Å². The zero-order valence-electron chi connectivity index (χ0n) is 11.8. The van der Waals surface area contributed by atoms with E-state index in [1.54, 1.807) is 0 Å². The molecule has 0 bridgehead atoms. The summed E-state index contributed by atoms with van der Waals surface area (Å²) in [5.41, 5.74) is 2.58. The summed E-state index contributed by atoms with van der Waals surface area (Å²) in [5, 5.41) is 5.30. The van der Waals surface area contributed by atoms with E-state index >= 15 is 0 Å². The van der Waals surface area contributed by atoms with Gasteiger partial charge in [0.2, 0.25) is 0 Å².